The molecule has 1 fully saturated rings. The van der Waals surface area contributed by atoms with Crippen LogP contribution in [0.4, 0.5) is 0 Å². The Balaban J connectivity index is 1.97. The van der Waals surface area contributed by atoms with Crippen molar-refractivity contribution in [3.8, 4) is 0 Å². The van der Waals surface area contributed by atoms with Crippen molar-refractivity contribution in [2.24, 2.45) is 0 Å². The van der Waals surface area contributed by atoms with E-state index in [1.165, 1.54) is 37.7 Å². The summed E-state index contributed by atoms with van der Waals surface area (Å²) in [5.41, 5.74) is 2.46. The van der Waals surface area contributed by atoms with E-state index in [-0.39, 0.29) is 0 Å². The summed E-state index contributed by atoms with van der Waals surface area (Å²) < 4.78 is 0. The van der Waals surface area contributed by atoms with Crippen LogP contribution in [0.3, 0.4) is 0 Å². The first-order valence-electron chi connectivity index (χ1n) is 6.29. The topological polar surface area (TPSA) is 17.1 Å². The molecule has 0 unspecified atom stereocenters. The standard InChI is InChI=1S/C14H20O/c15-14(13-9-5-2-6-10-13)11-12-7-3-1-4-8-12/h9,11H,1-8,10H2. The number of carbonyl (C=O) groups is 1. The molecule has 82 valence electrons. The highest BCUT2D eigenvalue weighted by atomic mass is 16.1. The highest BCUT2D eigenvalue weighted by Crippen LogP contribution is 2.24. The summed E-state index contributed by atoms with van der Waals surface area (Å²) in [6.07, 6.45) is 14.8. The van der Waals surface area contributed by atoms with Crippen LogP contribution >= 0.6 is 0 Å². The second kappa shape index (κ2) is 5.29. The number of hydrogen-bond acceptors (Lipinski definition) is 1. The molecular formula is C14H20O. The van der Waals surface area contributed by atoms with Gasteiger partial charge in [0.2, 0.25) is 0 Å². The van der Waals surface area contributed by atoms with Crippen molar-refractivity contribution in [3.63, 3.8) is 0 Å². The molecule has 0 N–H and O–H groups in total. The van der Waals surface area contributed by atoms with Gasteiger partial charge in [0.1, 0.15) is 0 Å². The van der Waals surface area contributed by atoms with Crippen molar-refractivity contribution in [1.29, 1.82) is 0 Å². The van der Waals surface area contributed by atoms with Gasteiger partial charge in [0, 0.05) is 0 Å². The van der Waals surface area contributed by atoms with Crippen molar-refractivity contribution >= 4 is 5.78 Å². The Morgan fingerprint density at radius 2 is 1.73 bits per heavy atom. The molecule has 1 heteroatoms. The predicted octanol–water partition coefficient (Wildman–Crippen LogP) is 3.95. The Kier molecular flexibility index (Phi) is 3.76. The number of carbonyl (C=O) groups excluding carboxylic acids is 1. The van der Waals surface area contributed by atoms with Gasteiger partial charge in [0.05, 0.1) is 0 Å². The van der Waals surface area contributed by atoms with Crippen LogP contribution in [0.25, 0.3) is 0 Å². The van der Waals surface area contributed by atoms with Crippen LogP contribution in [0, 0.1) is 0 Å². The van der Waals surface area contributed by atoms with E-state index in [2.05, 4.69) is 6.08 Å². The second-order valence-corrected chi connectivity index (χ2v) is 4.70. The van der Waals surface area contributed by atoms with Crippen molar-refractivity contribution in [2.75, 3.05) is 0 Å². The first-order valence-corrected chi connectivity index (χ1v) is 6.29. The van der Waals surface area contributed by atoms with E-state index in [1.807, 2.05) is 6.08 Å². The van der Waals surface area contributed by atoms with E-state index in [9.17, 15) is 4.79 Å². The van der Waals surface area contributed by atoms with Gasteiger partial charge < -0.3 is 0 Å². The first kappa shape index (κ1) is 10.7. The zero-order valence-electron chi connectivity index (χ0n) is 9.43. The third kappa shape index (κ3) is 3.05. The number of ketones is 1. The van der Waals surface area contributed by atoms with E-state index < -0.39 is 0 Å². The molecule has 1 nitrogen and oxygen atoms in total. The lowest BCUT2D eigenvalue weighted by molar-refractivity contribution is -0.111. The molecule has 0 amide bonds. The summed E-state index contributed by atoms with van der Waals surface area (Å²) in [7, 11) is 0. The van der Waals surface area contributed by atoms with Crippen molar-refractivity contribution in [1.82, 2.24) is 0 Å². The molecule has 0 atom stereocenters. The minimum Gasteiger partial charge on any atom is -0.290 e. The van der Waals surface area contributed by atoms with Gasteiger partial charge in [-0.3, -0.25) is 4.79 Å². The van der Waals surface area contributed by atoms with Crippen molar-refractivity contribution in [3.05, 3.63) is 23.3 Å². The lowest BCUT2D eigenvalue weighted by Crippen LogP contribution is -2.05. The normalized spacial score (nSPS) is 22.1. The average Bonchev–Trinajstić information content (AvgIpc) is 2.31. The fourth-order valence-corrected chi connectivity index (χ4v) is 2.49. The molecule has 0 aliphatic heterocycles. The molecule has 0 radical (unpaired) electrons. The molecule has 15 heavy (non-hydrogen) atoms. The van der Waals surface area contributed by atoms with Crippen molar-refractivity contribution in [2.45, 2.75) is 57.8 Å². The van der Waals surface area contributed by atoms with Gasteiger partial charge >= 0.3 is 0 Å². The summed E-state index contributed by atoms with van der Waals surface area (Å²) in [5.74, 6) is 0.298. The number of hydrogen-bond donors (Lipinski definition) is 0. The lowest BCUT2D eigenvalue weighted by Gasteiger charge is -2.14. The van der Waals surface area contributed by atoms with E-state index >= 15 is 0 Å². The molecule has 2 aliphatic rings. The summed E-state index contributed by atoms with van der Waals surface area (Å²) in [4.78, 5) is 11.9. The molecule has 0 bridgehead atoms. The number of rotatable bonds is 2. The van der Waals surface area contributed by atoms with Gasteiger partial charge in [0.25, 0.3) is 0 Å². The maximum Gasteiger partial charge on any atom is 0.181 e. The predicted molar refractivity (Wildman–Crippen MR) is 62.7 cm³/mol. The van der Waals surface area contributed by atoms with Gasteiger partial charge in [-0.15, -0.1) is 0 Å². The summed E-state index contributed by atoms with van der Waals surface area (Å²) in [6, 6.07) is 0. The average molecular weight is 204 g/mol. The van der Waals surface area contributed by atoms with Crippen LogP contribution in [-0.2, 0) is 4.79 Å². The van der Waals surface area contributed by atoms with E-state index in [1.54, 1.807) is 0 Å². The Hall–Kier alpha value is -0.850. The van der Waals surface area contributed by atoms with Crippen LogP contribution < -0.4 is 0 Å². The molecule has 0 aromatic rings. The maximum absolute atomic E-state index is 11.9. The monoisotopic (exact) mass is 204 g/mol. The smallest absolute Gasteiger partial charge is 0.181 e. The Labute approximate surface area is 92.3 Å². The zero-order chi connectivity index (χ0) is 10.5. The quantitative estimate of drug-likeness (QED) is 0.622. The molecule has 0 aromatic carbocycles. The Bertz CT molecular complexity index is 288. The highest BCUT2D eigenvalue weighted by Gasteiger charge is 2.12. The fourth-order valence-electron chi connectivity index (χ4n) is 2.49. The summed E-state index contributed by atoms with van der Waals surface area (Å²) in [6.45, 7) is 0. The minimum absolute atomic E-state index is 0.298. The van der Waals surface area contributed by atoms with Gasteiger partial charge in [0.15, 0.2) is 5.78 Å². The van der Waals surface area contributed by atoms with Crippen molar-refractivity contribution < 1.29 is 4.79 Å². The second-order valence-electron chi connectivity index (χ2n) is 4.70. The molecule has 0 aromatic heterocycles. The molecule has 2 rings (SSSR count). The largest absolute Gasteiger partial charge is 0.290 e. The first-order chi connectivity index (χ1) is 7.36. The zero-order valence-corrected chi connectivity index (χ0v) is 9.43. The van der Waals surface area contributed by atoms with E-state index in [4.69, 9.17) is 0 Å². The molecule has 1 saturated carbocycles. The third-order valence-corrected chi connectivity index (χ3v) is 3.44. The van der Waals surface area contributed by atoms with Gasteiger partial charge in [-0.2, -0.15) is 0 Å². The Morgan fingerprint density at radius 3 is 2.40 bits per heavy atom. The van der Waals surface area contributed by atoms with Gasteiger partial charge in [-0.05, 0) is 63.0 Å². The maximum atomic E-state index is 11.9. The lowest BCUT2D eigenvalue weighted by atomic mass is 9.91. The minimum atomic E-state index is 0.298. The van der Waals surface area contributed by atoms with Crippen LogP contribution in [0.5, 0.6) is 0 Å². The summed E-state index contributed by atoms with van der Waals surface area (Å²) in [5, 5.41) is 0. The van der Waals surface area contributed by atoms with Crippen LogP contribution in [0.15, 0.2) is 23.3 Å². The molecular weight excluding hydrogens is 184 g/mol. The van der Waals surface area contributed by atoms with E-state index in [0.717, 1.165) is 31.3 Å². The fraction of sp³-hybridized carbons (Fsp3) is 0.643. The van der Waals surface area contributed by atoms with Gasteiger partial charge in [-0.25, -0.2) is 0 Å². The molecule has 0 heterocycles. The van der Waals surface area contributed by atoms with E-state index in [0.29, 0.717) is 5.78 Å². The molecule has 2 aliphatic carbocycles. The van der Waals surface area contributed by atoms with Gasteiger partial charge in [-0.1, -0.05) is 18.1 Å². The molecule has 0 spiro atoms. The molecule has 0 saturated heterocycles. The summed E-state index contributed by atoms with van der Waals surface area (Å²) >= 11 is 0. The van der Waals surface area contributed by atoms with Crippen LogP contribution in [0.1, 0.15) is 57.8 Å². The van der Waals surface area contributed by atoms with Crippen LogP contribution in [0.2, 0.25) is 0 Å². The number of allylic oxidation sites excluding steroid dienone is 4. The Morgan fingerprint density at radius 1 is 1.00 bits per heavy atom. The highest BCUT2D eigenvalue weighted by molar-refractivity contribution is 6.04. The third-order valence-electron chi connectivity index (χ3n) is 3.44. The van der Waals surface area contributed by atoms with Crippen LogP contribution in [-0.4, -0.2) is 5.78 Å². The SMILES string of the molecule is O=C(C=C1CCCCC1)C1=CCCCC1.